The number of nitrogens with one attached hydrogen (secondary N) is 2. The highest BCUT2D eigenvalue weighted by molar-refractivity contribution is 5.91. The van der Waals surface area contributed by atoms with Crippen molar-refractivity contribution < 1.29 is 4.79 Å². The normalized spacial score (nSPS) is 10.2. The van der Waals surface area contributed by atoms with Crippen molar-refractivity contribution in [1.82, 2.24) is 0 Å². The molecule has 2 rings (SSSR count). The Kier molecular flexibility index (Phi) is 6.03. The molecule has 0 radical (unpaired) electrons. The molecular formula is C19H25N3O. The third-order valence-electron chi connectivity index (χ3n) is 3.71. The van der Waals surface area contributed by atoms with Crippen LogP contribution in [0.4, 0.5) is 17.1 Å². The molecule has 0 atom stereocenters. The SMILES string of the molecule is CCc1ccc(NCCC(=O)Nc2ccc(N(C)C)cc2)cc1. The molecule has 0 aliphatic rings. The van der Waals surface area contributed by atoms with Crippen LogP contribution in [0.1, 0.15) is 18.9 Å². The van der Waals surface area contributed by atoms with E-state index in [1.165, 1.54) is 5.56 Å². The zero-order chi connectivity index (χ0) is 16.7. The van der Waals surface area contributed by atoms with Crippen LogP contribution in [0.15, 0.2) is 48.5 Å². The van der Waals surface area contributed by atoms with E-state index in [1.54, 1.807) is 0 Å². The van der Waals surface area contributed by atoms with E-state index in [9.17, 15) is 4.79 Å². The molecule has 0 spiro atoms. The summed E-state index contributed by atoms with van der Waals surface area (Å²) in [7, 11) is 3.98. The van der Waals surface area contributed by atoms with Gasteiger partial charge in [0.05, 0.1) is 0 Å². The van der Waals surface area contributed by atoms with Gasteiger partial charge in [0.25, 0.3) is 0 Å². The van der Waals surface area contributed by atoms with E-state index >= 15 is 0 Å². The number of anilines is 3. The van der Waals surface area contributed by atoms with E-state index in [-0.39, 0.29) is 5.91 Å². The molecule has 23 heavy (non-hydrogen) atoms. The van der Waals surface area contributed by atoms with Crippen LogP contribution in [0, 0.1) is 0 Å². The molecule has 0 saturated heterocycles. The lowest BCUT2D eigenvalue weighted by Crippen LogP contribution is -2.16. The Labute approximate surface area is 138 Å². The number of hydrogen-bond donors (Lipinski definition) is 2. The molecule has 0 bridgehead atoms. The summed E-state index contributed by atoms with van der Waals surface area (Å²) in [5, 5.41) is 6.18. The number of hydrogen-bond acceptors (Lipinski definition) is 3. The maximum absolute atomic E-state index is 12.0. The van der Waals surface area contributed by atoms with Crippen LogP contribution < -0.4 is 15.5 Å². The van der Waals surface area contributed by atoms with Gasteiger partial charge in [-0.1, -0.05) is 19.1 Å². The van der Waals surface area contributed by atoms with Crippen molar-refractivity contribution in [2.24, 2.45) is 0 Å². The fourth-order valence-electron chi connectivity index (χ4n) is 2.25. The number of rotatable bonds is 7. The lowest BCUT2D eigenvalue weighted by molar-refractivity contribution is -0.115. The molecule has 0 aromatic heterocycles. The smallest absolute Gasteiger partial charge is 0.226 e. The predicted octanol–water partition coefficient (Wildman–Crippen LogP) is 3.76. The van der Waals surface area contributed by atoms with Gasteiger partial charge in [-0.25, -0.2) is 0 Å². The van der Waals surface area contributed by atoms with Crippen LogP contribution in [0.5, 0.6) is 0 Å². The summed E-state index contributed by atoms with van der Waals surface area (Å²) in [6.45, 7) is 2.75. The summed E-state index contributed by atoms with van der Waals surface area (Å²) in [6, 6.07) is 16.1. The minimum atomic E-state index is 0.0141. The summed E-state index contributed by atoms with van der Waals surface area (Å²) >= 11 is 0. The van der Waals surface area contributed by atoms with Gasteiger partial charge >= 0.3 is 0 Å². The summed E-state index contributed by atoms with van der Waals surface area (Å²) in [4.78, 5) is 14.0. The third-order valence-corrected chi connectivity index (χ3v) is 3.71. The summed E-state index contributed by atoms with van der Waals surface area (Å²) in [5.41, 5.74) is 4.30. The molecule has 122 valence electrons. The Morgan fingerprint density at radius 2 is 1.57 bits per heavy atom. The lowest BCUT2D eigenvalue weighted by Gasteiger charge is -2.13. The molecular weight excluding hydrogens is 286 g/mol. The van der Waals surface area contributed by atoms with Crippen molar-refractivity contribution in [3.63, 3.8) is 0 Å². The molecule has 4 heteroatoms. The molecule has 4 nitrogen and oxygen atoms in total. The topological polar surface area (TPSA) is 44.4 Å². The molecule has 2 aromatic rings. The highest BCUT2D eigenvalue weighted by atomic mass is 16.1. The van der Waals surface area contributed by atoms with Crippen molar-refractivity contribution in [3.05, 3.63) is 54.1 Å². The standard InChI is InChI=1S/C19H25N3O/c1-4-15-5-7-16(8-6-15)20-14-13-19(23)21-17-9-11-18(12-10-17)22(2)3/h5-12,20H,4,13-14H2,1-3H3,(H,21,23). The number of carbonyl (C=O) groups is 1. The maximum Gasteiger partial charge on any atom is 0.226 e. The molecule has 0 aliphatic carbocycles. The van der Waals surface area contributed by atoms with Crippen molar-refractivity contribution in [1.29, 1.82) is 0 Å². The average Bonchev–Trinajstić information content (AvgIpc) is 2.56. The second-order valence-electron chi connectivity index (χ2n) is 5.72. The molecule has 0 heterocycles. The first-order valence-corrected chi connectivity index (χ1v) is 7.98. The van der Waals surface area contributed by atoms with Gasteiger partial charge in [-0.05, 0) is 48.4 Å². The van der Waals surface area contributed by atoms with E-state index in [0.29, 0.717) is 13.0 Å². The monoisotopic (exact) mass is 311 g/mol. The maximum atomic E-state index is 12.0. The Balaban J connectivity index is 1.76. The molecule has 0 saturated carbocycles. The molecule has 2 aromatic carbocycles. The summed E-state index contributed by atoms with van der Waals surface area (Å²) in [5.74, 6) is 0.0141. The average molecular weight is 311 g/mol. The van der Waals surface area contributed by atoms with Gasteiger partial charge in [0.2, 0.25) is 5.91 Å². The van der Waals surface area contributed by atoms with Crippen LogP contribution in [-0.4, -0.2) is 26.5 Å². The Bertz CT molecular complexity index is 618. The van der Waals surface area contributed by atoms with Crippen LogP contribution in [0.3, 0.4) is 0 Å². The van der Waals surface area contributed by atoms with E-state index < -0.39 is 0 Å². The summed E-state index contributed by atoms with van der Waals surface area (Å²) in [6.07, 6.45) is 1.47. The Morgan fingerprint density at radius 3 is 2.13 bits per heavy atom. The minimum absolute atomic E-state index is 0.0141. The van der Waals surface area contributed by atoms with Gasteiger partial charge in [0.15, 0.2) is 0 Å². The van der Waals surface area contributed by atoms with Gasteiger partial charge in [-0.15, -0.1) is 0 Å². The van der Waals surface area contributed by atoms with Gasteiger partial charge in [-0.3, -0.25) is 4.79 Å². The van der Waals surface area contributed by atoms with E-state index in [4.69, 9.17) is 0 Å². The zero-order valence-corrected chi connectivity index (χ0v) is 14.1. The highest BCUT2D eigenvalue weighted by Crippen LogP contribution is 2.16. The second kappa shape index (κ2) is 8.22. The number of nitrogens with zero attached hydrogens (tertiary/aromatic N) is 1. The number of aryl methyl sites for hydroxylation is 1. The third kappa shape index (κ3) is 5.33. The van der Waals surface area contributed by atoms with Crippen molar-refractivity contribution in [2.75, 3.05) is 36.2 Å². The molecule has 0 fully saturated rings. The fourth-order valence-corrected chi connectivity index (χ4v) is 2.25. The Morgan fingerprint density at radius 1 is 0.957 bits per heavy atom. The van der Waals surface area contributed by atoms with Gasteiger partial charge in [0, 0.05) is 44.1 Å². The molecule has 0 aliphatic heterocycles. The predicted molar refractivity (Wildman–Crippen MR) is 98.3 cm³/mol. The first kappa shape index (κ1) is 16.9. The summed E-state index contributed by atoms with van der Waals surface area (Å²) < 4.78 is 0. The largest absolute Gasteiger partial charge is 0.385 e. The number of carbonyl (C=O) groups excluding carboxylic acids is 1. The van der Waals surface area contributed by atoms with Gasteiger partial charge in [-0.2, -0.15) is 0 Å². The number of benzene rings is 2. The van der Waals surface area contributed by atoms with Crippen molar-refractivity contribution in [2.45, 2.75) is 19.8 Å². The van der Waals surface area contributed by atoms with E-state index in [2.05, 4.69) is 41.8 Å². The fraction of sp³-hybridized carbons (Fsp3) is 0.316. The number of amides is 1. The highest BCUT2D eigenvalue weighted by Gasteiger charge is 2.03. The molecule has 2 N–H and O–H groups in total. The van der Waals surface area contributed by atoms with Crippen LogP contribution >= 0.6 is 0 Å². The van der Waals surface area contributed by atoms with Crippen molar-refractivity contribution >= 4 is 23.0 Å². The molecule has 0 unspecified atom stereocenters. The lowest BCUT2D eigenvalue weighted by atomic mass is 10.1. The van der Waals surface area contributed by atoms with Crippen LogP contribution in [-0.2, 0) is 11.2 Å². The minimum Gasteiger partial charge on any atom is -0.385 e. The van der Waals surface area contributed by atoms with E-state index in [0.717, 1.165) is 23.5 Å². The van der Waals surface area contributed by atoms with Crippen LogP contribution in [0.2, 0.25) is 0 Å². The van der Waals surface area contributed by atoms with Gasteiger partial charge < -0.3 is 15.5 Å². The Hall–Kier alpha value is -2.49. The quantitative estimate of drug-likeness (QED) is 0.818. The second-order valence-corrected chi connectivity index (χ2v) is 5.72. The first-order valence-electron chi connectivity index (χ1n) is 7.98. The van der Waals surface area contributed by atoms with Crippen molar-refractivity contribution in [3.8, 4) is 0 Å². The zero-order valence-electron chi connectivity index (χ0n) is 14.1. The van der Waals surface area contributed by atoms with E-state index in [1.807, 2.05) is 43.3 Å². The van der Waals surface area contributed by atoms with Crippen LogP contribution in [0.25, 0.3) is 0 Å². The molecule has 1 amide bonds. The van der Waals surface area contributed by atoms with Gasteiger partial charge in [0.1, 0.15) is 0 Å². The first-order chi connectivity index (χ1) is 11.1.